The maximum absolute atomic E-state index is 13.8. The van der Waals surface area contributed by atoms with Crippen molar-refractivity contribution in [2.45, 2.75) is 32.7 Å². The molecule has 2 aromatic rings. The van der Waals surface area contributed by atoms with Crippen LogP contribution in [0.3, 0.4) is 0 Å². The molecule has 0 spiro atoms. The zero-order valence-corrected chi connectivity index (χ0v) is 12.6. The van der Waals surface area contributed by atoms with E-state index in [0.717, 1.165) is 19.0 Å². The molecule has 1 N–H and O–H groups in total. The van der Waals surface area contributed by atoms with Gasteiger partial charge in [0.15, 0.2) is 0 Å². The Morgan fingerprint density at radius 2 is 2.05 bits per heavy atom. The predicted molar refractivity (Wildman–Crippen MR) is 80.2 cm³/mol. The monoisotopic (exact) mass is 295 g/mol. The van der Waals surface area contributed by atoms with Crippen molar-refractivity contribution in [3.63, 3.8) is 0 Å². The minimum absolute atomic E-state index is 0.0705. The van der Waals surface area contributed by atoms with Crippen molar-refractivity contribution >= 4 is 11.3 Å². The first-order chi connectivity index (χ1) is 9.61. The summed E-state index contributed by atoms with van der Waals surface area (Å²) in [5.74, 6) is -1.00. The van der Waals surface area contributed by atoms with Crippen molar-refractivity contribution in [3.05, 3.63) is 57.3 Å². The lowest BCUT2D eigenvalue weighted by Gasteiger charge is -2.19. The maximum atomic E-state index is 13.8. The second-order valence-corrected chi connectivity index (χ2v) is 5.70. The van der Waals surface area contributed by atoms with Gasteiger partial charge in [0.05, 0.1) is 0 Å². The Hall–Kier alpha value is -1.26. The summed E-state index contributed by atoms with van der Waals surface area (Å²) in [7, 11) is 0. The second kappa shape index (κ2) is 6.95. The third-order valence-electron chi connectivity index (χ3n) is 3.35. The first-order valence-corrected chi connectivity index (χ1v) is 7.76. The molecule has 1 heterocycles. The average molecular weight is 295 g/mol. The summed E-state index contributed by atoms with van der Waals surface area (Å²) in [6.45, 7) is 5.04. The topological polar surface area (TPSA) is 12.0 Å². The highest BCUT2D eigenvalue weighted by Crippen LogP contribution is 2.26. The Bertz CT molecular complexity index is 565. The van der Waals surface area contributed by atoms with Crippen LogP contribution in [0.1, 0.15) is 36.1 Å². The number of rotatable bonds is 6. The molecule has 108 valence electrons. The molecule has 0 aliphatic carbocycles. The van der Waals surface area contributed by atoms with E-state index in [1.165, 1.54) is 23.3 Å². The normalized spacial score (nSPS) is 12.6. The van der Waals surface area contributed by atoms with Crippen molar-refractivity contribution in [1.82, 2.24) is 5.32 Å². The van der Waals surface area contributed by atoms with Crippen molar-refractivity contribution < 1.29 is 8.78 Å². The molecule has 0 saturated carbocycles. The lowest BCUT2D eigenvalue weighted by atomic mass is 9.98. The van der Waals surface area contributed by atoms with E-state index in [2.05, 4.69) is 29.9 Å². The van der Waals surface area contributed by atoms with E-state index >= 15 is 0 Å². The van der Waals surface area contributed by atoms with Gasteiger partial charge in [0, 0.05) is 12.1 Å². The van der Waals surface area contributed by atoms with Gasteiger partial charge >= 0.3 is 0 Å². The Kier molecular flexibility index (Phi) is 5.26. The molecule has 1 unspecified atom stereocenters. The van der Waals surface area contributed by atoms with Gasteiger partial charge in [-0.1, -0.05) is 13.0 Å². The second-order valence-electron chi connectivity index (χ2n) is 4.96. The standard InChI is InChI=1S/C16H19F2NS/c1-3-6-19-16(14-10-20-9-11(14)2)7-12-4-5-13(17)8-15(12)18/h4-5,8-10,16,19H,3,6-7H2,1-2H3. The number of halogens is 2. The Morgan fingerprint density at radius 1 is 1.25 bits per heavy atom. The molecule has 0 aliphatic heterocycles. The zero-order chi connectivity index (χ0) is 14.5. The minimum Gasteiger partial charge on any atom is -0.310 e. The number of hydrogen-bond donors (Lipinski definition) is 1. The van der Waals surface area contributed by atoms with Crippen molar-refractivity contribution in [2.24, 2.45) is 0 Å². The van der Waals surface area contributed by atoms with Crippen molar-refractivity contribution in [1.29, 1.82) is 0 Å². The zero-order valence-electron chi connectivity index (χ0n) is 11.7. The molecule has 0 amide bonds. The van der Waals surface area contributed by atoms with Crippen LogP contribution in [-0.2, 0) is 6.42 Å². The lowest BCUT2D eigenvalue weighted by molar-refractivity contribution is 0.508. The van der Waals surface area contributed by atoms with Crippen LogP contribution in [0.2, 0.25) is 0 Å². The summed E-state index contributed by atoms with van der Waals surface area (Å²) < 4.78 is 26.8. The largest absolute Gasteiger partial charge is 0.310 e. The summed E-state index contributed by atoms with van der Waals surface area (Å²) in [6.07, 6.45) is 1.55. The van der Waals surface area contributed by atoms with Gasteiger partial charge in [-0.25, -0.2) is 8.78 Å². The van der Waals surface area contributed by atoms with E-state index in [4.69, 9.17) is 0 Å². The van der Waals surface area contributed by atoms with E-state index in [1.54, 1.807) is 11.3 Å². The SMILES string of the molecule is CCCNC(Cc1ccc(F)cc1F)c1cscc1C. The molecule has 1 atom stereocenters. The van der Waals surface area contributed by atoms with Gasteiger partial charge in [0.2, 0.25) is 0 Å². The number of hydrogen-bond acceptors (Lipinski definition) is 2. The third-order valence-corrected chi connectivity index (χ3v) is 4.23. The molecule has 20 heavy (non-hydrogen) atoms. The van der Waals surface area contributed by atoms with Crippen LogP contribution >= 0.6 is 11.3 Å². The Labute approximate surface area is 122 Å². The average Bonchev–Trinajstić information content (AvgIpc) is 2.83. The van der Waals surface area contributed by atoms with Crippen LogP contribution in [-0.4, -0.2) is 6.54 Å². The number of aryl methyl sites for hydroxylation is 1. The molecule has 0 fully saturated rings. The van der Waals surface area contributed by atoms with Gasteiger partial charge in [-0.05, 0) is 59.8 Å². The van der Waals surface area contributed by atoms with Gasteiger partial charge in [-0.3, -0.25) is 0 Å². The van der Waals surface area contributed by atoms with Crippen LogP contribution in [0.15, 0.2) is 29.0 Å². The van der Waals surface area contributed by atoms with E-state index in [-0.39, 0.29) is 6.04 Å². The summed E-state index contributed by atoms with van der Waals surface area (Å²) in [4.78, 5) is 0. The van der Waals surface area contributed by atoms with Crippen LogP contribution in [0.25, 0.3) is 0 Å². The first kappa shape index (κ1) is 15.1. The molecule has 0 bridgehead atoms. The molecule has 0 saturated heterocycles. The fourth-order valence-corrected chi connectivity index (χ4v) is 3.15. The van der Waals surface area contributed by atoms with E-state index in [1.807, 2.05) is 0 Å². The van der Waals surface area contributed by atoms with Crippen LogP contribution in [0, 0.1) is 18.6 Å². The minimum atomic E-state index is -0.531. The molecular weight excluding hydrogens is 276 g/mol. The van der Waals surface area contributed by atoms with Gasteiger partial charge in [-0.2, -0.15) is 11.3 Å². The molecule has 0 radical (unpaired) electrons. The van der Waals surface area contributed by atoms with Gasteiger partial charge in [0.25, 0.3) is 0 Å². The van der Waals surface area contributed by atoms with Crippen LogP contribution in [0.4, 0.5) is 8.78 Å². The first-order valence-electron chi connectivity index (χ1n) is 6.81. The molecule has 2 rings (SSSR count). The highest BCUT2D eigenvalue weighted by atomic mass is 32.1. The molecule has 0 aliphatic rings. The van der Waals surface area contributed by atoms with Crippen molar-refractivity contribution in [2.75, 3.05) is 6.54 Å². The van der Waals surface area contributed by atoms with E-state index in [0.29, 0.717) is 12.0 Å². The number of thiophene rings is 1. The Balaban J connectivity index is 2.21. The third kappa shape index (κ3) is 3.64. The van der Waals surface area contributed by atoms with Gasteiger partial charge in [-0.15, -0.1) is 0 Å². The summed E-state index contributed by atoms with van der Waals surface area (Å²) >= 11 is 1.65. The molecule has 1 aromatic heterocycles. The van der Waals surface area contributed by atoms with E-state index < -0.39 is 11.6 Å². The summed E-state index contributed by atoms with van der Waals surface area (Å²) in [6, 6.07) is 3.87. The maximum Gasteiger partial charge on any atom is 0.129 e. The van der Waals surface area contributed by atoms with Crippen LogP contribution < -0.4 is 5.32 Å². The molecule has 4 heteroatoms. The predicted octanol–water partition coefficient (Wildman–Crippen LogP) is 4.62. The summed E-state index contributed by atoms with van der Waals surface area (Å²) in [5.41, 5.74) is 2.96. The quantitative estimate of drug-likeness (QED) is 0.820. The fourth-order valence-electron chi connectivity index (χ4n) is 2.25. The van der Waals surface area contributed by atoms with Gasteiger partial charge < -0.3 is 5.32 Å². The lowest BCUT2D eigenvalue weighted by Crippen LogP contribution is -2.24. The smallest absolute Gasteiger partial charge is 0.129 e. The van der Waals surface area contributed by atoms with Crippen molar-refractivity contribution in [3.8, 4) is 0 Å². The Morgan fingerprint density at radius 3 is 2.65 bits per heavy atom. The highest BCUT2D eigenvalue weighted by Gasteiger charge is 2.16. The molecule has 1 nitrogen and oxygen atoms in total. The summed E-state index contributed by atoms with van der Waals surface area (Å²) in [5, 5.41) is 7.64. The van der Waals surface area contributed by atoms with Gasteiger partial charge in [0.1, 0.15) is 11.6 Å². The van der Waals surface area contributed by atoms with Crippen LogP contribution in [0.5, 0.6) is 0 Å². The fraction of sp³-hybridized carbons (Fsp3) is 0.375. The van der Waals surface area contributed by atoms with E-state index in [9.17, 15) is 8.78 Å². The molecule has 1 aromatic carbocycles. The number of benzene rings is 1. The molecular formula is C16H19F2NS. The highest BCUT2D eigenvalue weighted by molar-refractivity contribution is 7.08. The number of nitrogens with one attached hydrogen (secondary N) is 1.